The molecule has 0 spiro atoms. The standard InChI is InChI=1S/C34H29N3OS/c1-2-38-28-19-17-27(18-20-28)37-31(24-11-5-3-6-12-24)21-26(33(37)25-13-7-4-8-14-25)23-36-34-30(22-35)29-15-9-10-16-32(29)39-34/h3-8,11-14,17-21,23H,2,9-10,15-16H2,1H3. The molecule has 39 heavy (non-hydrogen) atoms. The van der Waals surface area contributed by atoms with Crippen LogP contribution in [0.3, 0.4) is 0 Å². The Morgan fingerprint density at radius 2 is 1.62 bits per heavy atom. The van der Waals surface area contributed by atoms with Crippen LogP contribution in [0.4, 0.5) is 5.00 Å². The van der Waals surface area contributed by atoms with Crippen LogP contribution in [0, 0.1) is 11.3 Å². The predicted molar refractivity (Wildman–Crippen MR) is 161 cm³/mol. The molecule has 0 saturated carbocycles. The van der Waals surface area contributed by atoms with Gasteiger partial charge in [-0.25, -0.2) is 4.99 Å². The average Bonchev–Trinajstić information content (AvgIpc) is 3.56. The maximum absolute atomic E-state index is 9.97. The number of rotatable bonds is 7. The molecule has 192 valence electrons. The summed E-state index contributed by atoms with van der Waals surface area (Å²) < 4.78 is 8.02. The quantitative estimate of drug-likeness (QED) is 0.199. The summed E-state index contributed by atoms with van der Waals surface area (Å²) in [4.78, 5) is 6.28. The molecule has 0 saturated heterocycles. The molecular weight excluding hydrogens is 498 g/mol. The van der Waals surface area contributed by atoms with E-state index in [1.165, 1.54) is 16.9 Å². The molecule has 6 rings (SSSR count). The van der Waals surface area contributed by atoms with Crippen molar-refractivity contribution in [2.45, 2.75) is 32.6 Å². The zero-order valence-corrected chi connectivity index (χ0v) is 22.7. The maximum atomic E-state index is 9.97. The van der Waals surface area contributed by atoms with E-state index in [4.69, 9.17) is 9.73 Å². The zero-order chi connectivity index (χ0) is 26.6. The van der Waals surface area contributed by atoms with Gasteiger partial charge in [-0.3, -0.25) is 0 Å². The van der Waals surface area contributed by atoms with E-state index in [9.17, 15) is 5.26 Å². The van der Waals surface area contributed by atoms with Crippen molar-refractivity contribution in [2.24, 2.45) is 4.99 Å². The zero-order valence-electron chi connectivity index (χ0n) is 21.9. The number of aryl methyl sites for hydroxylation is 1. The molecule has 0 radical (unpaired) electrons. The van der Waals surface area contributed by atoms with E-state index >= 15 is 0 Å². The minimum Gasteiger partial charge on any atom is -0.494 e. The third-order valence-corrected chi connectivity index (χ3v) is 8.34. The molecule has 0 N–H and O–H groups in total. The highest BCUT2D eigenvalue weighted by Gasteiger charge is 2.22. The van der Waals surface area contributed by atoms with Gasteiger partial charge in [0.2, 0.25) is 0 Å². The molecule has 2 heterocycles. The Kier molecular flexibility index (Phi) is 7.12. The number of nitriles is 1. The van der Waals surface area contributed by atoms with Gasteiger partial charge in [0.05, 0.1) is 23.6 Å². The molecule has 3 aromatic carbocycles. The first-order chi connectivity index (χ1) is 19.3. The molecule has 1 aliphatic carbocycles. The topological polar surface area (TPSA) is 50.3 Å². The third-order valence-electron chi connectivity index (χ3n) is 7.14. The predicted octanol–water partition coefficient (Wildman–Crippen LogP) is 8.77. The highest BCUT2D eigenvalue weighted by atomic mass is 32.1. The van der Waals surface area contributed by atoms with Gasteiger partial charge in [0.25, 0.3) is 0 Å². The minimum atomic E-state index is 0.630. The Morgan fingerprint density at radius 3 is 2.31 bits per heavy atom. The van der Waals surface area contributed by atoms with Crippen molar-refractivity contribution in [3.63, 3.8) is 0 Å². The van der Waals surface area contributed by atoms with Crippen molar-refractivity contribution >= 4 is 22.6 Å². The first kappa shape index (κ1) is 24.9. The van der Waals surface area contributed by atoms with E-state index in [0.717, 1.165) is 69.3 Å². The number of hydrogen-bond donors (Lipinski definition) is 0. The van der Waals surface area contributed by atoms with Crippen LogP contribution in [-0.2, 0) is 12.8 Å². The van der Waals surface area contributed by atoms with Gasteiger partial charge < -0.3 is 9.30 Å². The lowest BCUT2D eigenvalue weighted by atomic mass is 9.96. The van der Waals surface area contributed by atoms with Gasteiger partial charge in [-0.1, -0.05) is 60.7 Å². The Bertz CT molecular complexity index is 1660. The molecule has 2 aromatic heterocycles. The van der Waals surface area contributed by atoms with Gasteiger partial charge in [-0.15, -0.1) is 11.3 Å². The van der Waals surface area contributed by atoms with Crippen LogP contribution in [0.2, 0.25) is 0 Å². The lowest BCUT2D eigenvalue weighted by Crippen LogP contribution is -2.01. The van der Waals surface area contributed by atoms with Crippen LogP contribution in [0.25, 0.3) is 28.2 Å². The Hall–Kier alpha value is -4.40. The van der Waals surface area contributed by atoms with E-state index in [1.807, 2.05) is 37.4 Å². The highest BCUT2D eigenvalue weighted by Crippen LogP contribution is 2.40. The monoisotopic (exact) mass is 527 g/mol. The normalized spacial score (nSPS) is 12.8. The molecule has 0 aliphatic heterocycles. The Balaban J connectivity index is 1.55. The minimum absolute atomic E-state index is 0.630. The second-order valence-electron chi connectivity index (χ2n) is 9.59. The van der Waals surface area contributed by atoms with E-state index in [-0.39, 0.29) is 0 Å². The number of benzene rings is 3. The fourth-order valence-corrected chi connectivity index (χ4v) is 6.54. The summed E-state index contributed by atoms with van der Waals surface area (Å²) in [6.07, 6.45) is 6.30. The second-order valence-corrected chi connectivity index (χ2v) is 10.7. The van der Waals surface area contributed by atoms with Crippen LogP contribution in [0.5, 0.6) is 5.75 Å². The molecule has 5 aromatic rings. The molecule has 0 amide bonds. The van der Waals surface area contributed by atoms with Crippen LogP contribution in [-0.4, -0.2) is 17.4 Å². The SMILES string of the molecule is CCOc1ccc(-n2c(-c3ccccc3)cc(C=Nc3sc4c(c3C#N)CCCC4)c2-c2ccccc2)cc1. The average molecular weight is 528 g/mol. The molecule has 5 heteroatoms. The van der Waals surface area contributed by atoms with Gasteiger partial charge >= 0.3 is 0 Å². The highest BCUT2D eigenvalue weighted by molar-refractivity contribution is 7.16. The Labute approximate surface area is 233 Å². The first-order valence-corrected chi connectivity index (χ1v) is 14.3. The van der Waals surface area contributed by atoms with Crippen molar-refractivity contribution in [3.8, 4) is 40.0 Å². The summed E-state index contributed by atoms with van der Waals surface area (Å²) in [6.45, 7) is 2.62. The summed E-state index contributed by atoms with van der Waals surface area (Å²) >= 11 is 1.68. The smallest absolute Gasteiger partial charge is 0.134 e. The second kappa shape index (κ2) is 11.1. The van der Waals surface area contributed by atoms with Gasteiger partial charge in [0.1, 0.15) is 16.8 Å². The maximum Gasteiger partial charge on any atom is 0.134 e. The third kappa shape index (κ3) is 4.92. The first-order valence-electron chi connectivity index (χ1n) is 13.5. The van der Waals surface area contributed by atoms with Crippen molar-refractivity contribution < 1.29 is 4.74 Å². The number of fused-ring (bicyclic) bond motifs is 1. The summed E-state index contributed by atoms with van der Waals surface area (Å²) in [5.41, 5.74) is 8.36. The molecule has 0 atom stereocenters. The number of nitrogens with zero attached hydrogens (tertiary/aromatic N) is 3. The largest absolute Gasteiger partial charge is 0.494 e. The molecular formula is C34H29N3OS. The number of ether oxygens (including phenoxy) is 1. The van der Waals surface area contributed by atoms with Gasteiger partial charge in [-0.2, -0.15) is 5.26 Å². The van der Waals surface area contributed by atoms with Crippen molar-refractivity contribution in [1.82, 2.24) is 4.57 Å². The van der Waals surface area contributed by atoms with E-state index in [1.54, 1.807) is 11.3 Å². The lowest BCUT2D eigenvalue weighted by Gasteiger charge is -2.15. The fraction of sp³-hybridized carbons (Fsp3) is 0.176. The fourth-order valence-electron chi connectivity index (χ4n) is 5.35. The van der Waals surface area contributed by atoms with Gasteiger partial charge in [0.15, 0.2) is 0 Å². The van der Waals surface area contributed by atoms with Crippen molar-refractivity contribution in [3.05, 3.63) is 113 Å². The summed E-state index contributed by atoms with van der Waals surface area (Å²) in [5, 5.41) is 10.8. The summed E-state index contributed by atoms with van der Waals surface area (Å²) in [6, 6.07) is 33.8. The van der Waals surface area contributed by atoms with E-state index in [2.05, 4.69) is 77.4 Å². The van der Waals surface area contributed by atoms with Gasteiger partial charge in [0, 0.05) is 22.3 Å². The molecule has 1 aliphatic rings. The summed E-state index contributed by atoms with van der Waals surface area (Å²) in [7, 11) is 0. The van der Waals surface area contributed by atoms with Crippen molar-refractivity contribution in [2.75, 3.05) is 6.61 Å². The van der Waals surface area contributed by atoms with E-state index in [0.29, 0.717) is 6.61 Å². The number of hydrogen-bond acceptors (Lipinski definition) is 4. The van der Waals surface area contributed by atoms with Crippen LogP contribution in [0.15, 0.2) is 96.0 Å². The van der Waals surface area contributed by atoms with Crippen LogP contribution < -0.4 is 4.74 Å². The summed E-state index contributed by atoms with van der Waals surface area (Å²) in [5.74, 6) is 0.850. The van der Waals surface area contributed by atoms with Crippen molar-refractivity contribution in [1.29, 1.82) is 5.26 Å². The number of aliphatic imine (C=N–C) groups is 1. The molecule has 0 fully saturated rings. The molecule has 4 nitrogen and oxygen atoms in total. The number of thiophene rings is 1. The lowest BCUT2D eigenvalue weighted by molar-refractivity contribution is 0.340. The Morgan fingerprint density at radius 1 is 0.923 bits per heavy atom. The van der Waals surface area contributed by atoms with Crippen LogP contribution in [0.1, 0.15) is 41.3 Å². The van der Waals surface area contributed by atoms with Crippen LogP contribution >= 0.6 is 11.3 Å². The van der Waals surface area contributed by atoms with E-state index < -0.39 is 0 Å². The van der Waals surface area contributed by atoms with Gasteiger partial charge in [-0.05, 0) is 79.6 Å². The molecule has 0 bridgehead atoms. The molecule has 0 unspecified atom stereocenters. The number of aromatic nitrogens is 1.